The van der Waals surface area contributed by atoms with E-state index in [1.54, 1.807) is 36.4 Å². The molecule has 2 aromatic carbocycles. The summed E-state index contributed by atoms with van der Waals surface area (Å²) >= 11 is 11.6. The minimum atomic E-state index is -3.31. The lowest BCUT2D eigenvalue weighted by molar-refractivity contribution is -0.116. The molecule has 0 aliphatic heterocycles. The fourth-order valence-electron chi connectivity index (χ4n) is 2.85. The summed E-state index contributed by atoms with van der Waals surface area (Å²) in [6.07, 6.45) is 1.90. The second-order valence-electron chi connectivity index (χ2n) is 6.58. The van der Waals surface area contributed by atoms with Gasteiger partial charge in [0.1, 0.15) is 5.78 Å². The molecular weight excluding hydrogens is 428 g/mol. The summed E-state index contributed by atoms with van der Waals surface area (Å²) in [5, 5.41) is 0.920. The molecule has 0 aliphatic carbocycles. The second kappa shape index (κ2) is 10.1. The number of halogens is 1. The number of ketones is 1. The van der Waals surface area contributed by atoms with E-state index in [0.717, 1.165) is 22.3 Å². The Morgan fingerprint density at radius 1 is 1.00 bits per heavy atom. The zero-order valence-electron chi connectivity index (χ0n) is 16.6. The van der Waals surface area contributed by atoms with Gasteiger partial charge in [0.15, 0.2) is 14.9 Å². The summed E-state index contributed by atoms with van der Waals surface area (Å²) in [5.74, 6) is 0.0460. The maximum Gasteiger partial charge on any atom is 0.187 e. The van der Waals surface area contributed by atoms with Gasteiger partial charge in [0.2, 0.25) is 0 Å². The Morgan fingerprint density at radius 3 is 1.97 bits per heavy atom. The van der Waals surface area contributed by atoms with Gasteiger partial charge in [-0.05, 0) is 73.5 Å². The summed E-state index contributed by atoms with van der Waals surface area (Å²) in [7, 11) is -3.31. The van der Waals surface area contributed by atoms with Crippen molar-refractivity contribution in [3.05, 3.63) is 70.3 Å². The lowest BCUT2D eigenvalue weighted by Gasteiger charge is -2.18. The number of carbonyl (C=O) groups excluding carboxylic acids is 1. The van der Waals surface area contributed by atoms with Gasteiger partial charge in [-0.3, -0.25) is 0 Å². The van der Waals surface area contributed by atoms with Crippen LogP contribution in [0.5, 0.6) is 0 Å². The molecule has 2 aromatic rings. The molecule has 0 fully saturated rings. The lowest BCUT2D eigenvalue weighted by atomic mass is 9.91. The van der Waals surface area contributed by atoms with E-state index in [1.165, 1.54) is 13.2 Å². The number of rotatable bonds is 8. The van der Waals surface area contributed by atoms with E-state index in [0.29, 0.717) is 29.5 Å². The minimum absolute atomic E-state index is 0.0460. The number of benzene rings is 2. The third-order valence-electron chi connectivity index (χ3n) is 4.25. The third-order valence-corrected chi connectivity index (χ3v) is 6.00. The molecule has 0 saturated carbocycles. The molecule has 7 heteroatoms. The van der Waals surface area contributed by atoms with Crippen LogP contribution in [0.2, 0.25) is 5.02 Å². The van der Waals surface area contributed by atoms with Crippen LogP contribution in [0.25, 0.3) is 5.57 Å². The normalized spacial score (nSPS) is 12.3. The molecule has 2 rings (SSSR count). The predicted octanol–water partition coefficient (Wildman–Crippen LogP) is 5.28. The van der Waals surface area contributed by atoms with Crippen LogP contribution in [-0.4, -0.2) is 32.1 Å². The number of sulfone groups is 1. The Hall–Kier alpha value is -2.02. The molecule has 0 amide bonds. The highest BCUT2D eigenvalue weighted by molar-refractivity contribution is 7.90. The molecule has 0 spiro atoms. The fourth-order valence-corrected chi connectivity index (χ4v) is 3.93. The van der Waals surface area contributed by atoms with Gasteiger partial charge in [0, 0.05) is 23.3 Å². The quantitative estimate of drug-likeness (QED) is 0.404. The van der Waals surface area contributed by atoms with Crippen molar-refractivity contribution in [1.29, 1.82) is 0 Å². The van der Waals surface area contributed by atoms with Crippen LogP contribution < -0.4 is 0 Å². The monoisotopic (exact) mass is 450 g/mol. The first-order valence-electron chi connectivity index (χ1n) is 9.09. The first kappa shape index (κ1) is 23.3. The standard InChI is InChI=1S/C22H23ClO4S2/c1-4-27-22(28)20(14-5-15(2)24)21(16-6-10-18(23)11-7-16)17-8-12-19(13-9-17)29(3,25)26/h6-13H,4-5,14H2,1-3H3/b21-20+. The topological polar surface area (TPSA) is 60.4 Å². The maximum atomic E-state index is 11.8. The molecule has 0 saturated heterocycles. The number of ether oxygens (including phenoxy) is 1. The number of hydrogen-bond acceptors (Lipinski definition) is 5. The molecule has 0 heterocycles. The average Bonchev–Trinajstić information content (AvgIpc) is 2.65. The first-order chi connectivity index (χ1) is 13.6. The summed E-state index contributed by atoms with van der Waals surface area (Å²) < 4.78 is 29.2. The van der Waals surface area contributed by atoms with Crippen molar-refractivity contribution >= 4 is 50.1 Å². The van der Waals surface area contributed by atoms with Crippen LogP contribution in [-0.2, 0) is 19.4 Å². The van der Waals surface area contributed by atoms with Crippen LogP contribution >= 0.6 is 23.8 Å². The summed E-state index contributed by atoms with van der Waals surface area (Å²) in [6, 6.07) is 13.9. The molecule has 0 aromatic heterocycles. The van der Waals surface area contributed by atoms with Crippen LogP contribution in [0, 0.1) is 0 Å². The van der Waals surface area contributed by atoms with Crippen LogP contribution in [0.4, 0.5) is 0 Å². The molecule has 0 aliphatic rings. The molecule has 29 heavy (non-hydrogen) atoms. The van der Waals surface area contributed by atoms with E-state index < -0.39 is 9.84 Å². The number of thiocarbonyl (C=S) groups is 1. The maximum absolute atomic E-state index is 11.8. The van der Waals surface area contributed by atoms with Crippen molar-refractivity contribution in [2.75, 3.05) is 12.9 Å². The Morgan fingerprint density at radius 2 is 1.52 bits per heavy atom. The molecule has 0 atom stereocenters. The molecule has 0 N–H and O–H groups in total. The van der Waals surface area contributed by atoms with Crippen molar-refractivity contribution in [2.45, 2.75) is 31.6 Å². The van der Waals surface area contributed by atoms with Gasteiger partial charge in [-0.15, -0.1) is 0 Å². The Balaban J connectivity index is 2.71. The highest BCUT2D eigenvalue weighted by Gasteiger charge is 2.18. The van der Waals surface area contributed by atoms with Crippen LogP contribution in [0.3, 0.4) is 0 Å². The highest BCUT2D eigenvalue weighted by atomic mass is 35.5. The van der Waals surface area contributed by atoms with Crippen molar-refractivity contribution in [3.63, 3.8) is 0 Å². The average molecular weight is 451 g/mol. The molecular formula is C22H23ClO4S2. The molecule has 0 unspecified atom stereocenters. The van der Waals surface area contributed by atoms with Gasteiger partial charge >= 0.3 is 0 Å². The van der Waals surface area contributed by atoms with Gasteiger partial charge in [-0.2, -0.15) is 0 Å². The third kappa shape index (κ3) is 6.49. The smallest absolute Gasteiger partial charge is 0.187 e. The zero-order chi connectivity index (χ0) is 21.6. The SMILES string of the molecule is CCOC(=S)/C(CCC(C)=O)=C(\c1ccc(Cl)cc1)c1ccc(S(C)(=O)=O)cc1. The van der Waals surface area contributed by atoms with Crippen molar-refractivity contribution in [1.82, 2.24) is 0 Å². The molecule has 0 radical (unpaired) electrons. The lowest BCUT2D eigenvalue weighted by Crippen LogP contribution is -2.10. The van der Waals surface area contributed by atoms with E-state index in [4.69, 9.17) is 28.6 Å². The van der Waals surface area contributed by atoms with E-state index in [1.807, 2.05) is 19.1 Å². The molecule has 4 nitrogen and oxygen atoms in total. The Labute approximate surface area is 182 Å². The minimum Gasteiger partial charge on any atom is -0.483 e. The summed E-state index contributed by atoms with van der Waals surface area (Å²) in [6.45, 7) is 3.78. The van der Waals surface area contributed by atoms with Gasteiger partial charge in [-0.1, -0.05) is 35.9 Å². The van der Waals surface area contributed by atoms with Crippen molar-refractivity contribution in [2.24, 2.45) is 0 Å². The van der Waals surface area contributed by atoms with Crippen molar-refractivity contribution in [3.8, 4) is 0 Å². The number of carbonyl (C=O) groups is 1. The van der Waals surface area contributed by atoms with Crippen molar-refractivity contribution < 1.29 is 17.9 Å². The van der Waals surface area contributed by atoms with Gasteiger partial charge in [-0.25, -0.2) is 8.42 Å². The van der Waals surface area contributed by atoms with Gasteiger partial charge < -0.3 is 9.53 Å². The second-order valence-corrected chi connectivity index (χ2v) is 9.40. The van der Waals surface area contributed by atoms with Crippen LogP contribution in [0.1, 0.15) is 37.8 Å². The number of Topliss-reactive ketones (excluding diaryl/α,β-unsaturated/α-hetero) is 1. The first-order valence-corrected chi connectivity index (χ1v) is 11.8. The zero-order valence-corrected chi connectivity index (χ0v) is 19.0. The van der Waals surface area contributed by atoms with E-state index in [-0.39, 0.29) is 10.7 Å². The number of hydrogen-bond donors (Lipinski definition) is 0. The van der Waals surface area contributed by atoms with Gasteiger partial charge in [0.05, 0.1) is 11.5 Å². The van der Waals surface area contributed by atoms with Crippen LogP contribution in [0.15, 0.2) is 59.0 Å². The summed E-state index contributed by atoms with van der Waals surface area (Å²) in [4.78, 5) is 11.9. The predicted molar refractivity (Wildman–Crippen MR) is 121 cm³/mol. The van der Waals surface area contributed by atoms with E-state index in [9.17, 15) is 13.2 Å². The molecule has 154 valence electrons. The van der Waals surface area contributed by atoms with E-state index in [2.05, 4.69) is 0 Å². The largest absolute Gasteiger partial charge is 0.483 e. The fraction of sp³-hybridized carbons (Fsp3) is 0.273. The Kier molecular flexibility index (Phi) is 8.14. The van der Waals surface area contributed by atoms with E-state index >= 15 is 0 Å². The highest BCUT2D eigenvalue weighted by Crippen LogP contribution is 2.32. The molecule has 0 bridgehead atoms. The summed E-state index contributed by atoms with van der Waals surface area (Å²) in [5.41, 5.74) is 3.15. The Bertz CT molecular complexity index is 1020. The van der Waals surface area contributed by atoms with Gasteiger partial charge in [0.25, 0.3) is 0 Å².